The molecule has 0 aromatic heterocycles. The van der Waals surface area contributed by atoms with Crippen LogP contribution < -0.4 is 20.9 Å². The van der Waals surface area contributed by atoms with E-state index in [1.165, 1.54) is 0 Å². The highest BCUT2D eigenvalue weighted by molar-refractivity contribution is 5.33. The van der Waals surface area contributed by atoms with Gasteiger partial charge in [-0.15, -0.1) is 0 Å². The van der Waals surface area contributed by atoms with Crippen molar-refractivity contribution in [3.8, 4) is 11.5 Å². The van der Waals surface area contributed by atoms with Crippen molar-refractivity contribution in [2.45, 2.75) is 12.8 Å². The topological polar surface area (TPSA) is 70.5 Å². The van der Waals surface area contributed by atoms with Crippen LogP contribution in [0.4, 0.5) is 0 Å². The van der Waals surface area contributed by atoms with Crippen molar-refractivity contribution >= 4 is 0 Å². The Hall–Kier alpha value is -1.78. The quantitative estimate of drug-likeness (QED) is 0.692. The first-order valence-electron chi connectivity index (χ1n) is 6.00. The molecular weight excluding hydrogens is 228 g/mol. The van der Waals surface area contributed by atoms with Gasteiger partial charge < -0.3 is 20.9 Å². The lowest BCUT2D eigenvalue weighted by Gasteiger charge is -2.03. The van der Waals surface area contributed by atoms with Gasteiger partial charge in [0.25, 0.3) is 0 Å². The number of nitrogens with two attached hydrogens (primary N) is 2. The second kappa shape index (κ2) is 9.27. The maximum Gasteiger partial charge on any atom is 0.130 e. The van der Waals surface area contributed by atoms with E-state index in [-0.39, 0.29) is 0 Å². The third kappa shape index (κ3) is 6.08. The highest BCUT2D eigenvalue weighted by Gasteiger charge is 1.94. The summed E-state index contributed by atoms with van der Waals surface area (Å²) in [5, 5.41) is 0. The molecule has 0 bridgehead atoms. The molecule has 98 valence electrons. The molecule has 4 nitrogen and oxygen atoms in total. The third-order valence-electron chi connectivity index (χ3n) is 2.07. The SMILES string of the molecule is NCCC=COc1cccc(OC=CCCN)c1. The van der Waals surface area contributed by atoms with Crippen molar-refractivity contribution in [2.75, 3.05) is 13.1 Å². The molecule has 0 saturated carbocycles. The zero-order chi connectivity index (χ0) is 13.1. The fourth-order valence-corrected chi connectivity index (χ4v) is 1.20. The van der Waals surface area contributed by atoms with Crippen LogP contribution >= 0.6 is 0 Å². The van der Waals surface area contributed by atoms with E-state index in [0.717, 1.165) is 24.3 Å². The molecule has 1 aromatic carbocycles. The normalized spacial score (nSPS) is 11.2. The maximum atomic E-state index is 5.42. The first-order chi connectivity index (χ1) is 8.86. The van der Waals surface area contributed by atoms with E-state index in [1.807, 2.05) is 36.4 Å². The number of rotatable bonds is 8. The number of benzene rings is 1. The second-order valence-corrected chi connectivity index (χ2v) is 3.61. The average Bonchev–Trinajstić information content (AvgIpc) is 2.40. The molecule has 0 aliphatic rings. The Labute approximate surface area is 108 Å². The van der Waals surface area contributed by atoms with Crippen LogP contribution in [0.2, 0.25) is 0 Å². The summed E-state index contributed by atoms with van der Waals surface area (Å²) in [6.45, 7) is 1.24. The molecule has 0 atom stereocenters. The zero-order valence-corrected chi connectivity index (χ0v) is 10.4. The predicted molar refractivity (Wildman–Crippen MR) is 73.3 cm³/mol. The van der Waals surface area contributed by atoms with Crippen LogP contribution in [-0.2, 0) is 0 Å². The minimum atomic E-state index is 0.620. The van der Waals surface area contributed by atoms with Crippen molar-refractivity contribution in [1.82, 2.24) is 0 Å². The van der Waals surface area contributed by atoms with E-state index in [4.69, 9.17) is 20.9 Å². The summed E-state index contributed by atoms with van der Waals surface area (Å²) in [5.74, 6) is 1.46. The van der Waals surface area contributed by atoms with Crippen LogP contribution in [0, 0.1) is 0 Å². The molecule has 4 N–H and O–H groups in total. The summed E-state index contributed by atoms with van der Waals surface area (Å²) in [7, 11) is 0. The van der Waals surface area contributed by atoms with Gasteiger partial charge in [-0.05, 0) is 50.2 Å². The lowest BCUT2D eigenvalue weighted by atomic mass is 10.3. The molecule has 0 aliphatic carbocycles. The van der Waals surface area contributed by atoms with Gasteiger partial charge in [0, 0.05) is 6.07 Å². The Morgan fingerprint density at radius 2 is 1.39 bits per heavy atom. The molecule has 4 heteroatoms. The Morgan fingerprint density at radius 1 is 0.889 bits per heavy atom. The first-order valence-corrected chi connectivity index (χ1v) is 6.00. The van der Waals surface area contributed by atoms with Crippen LogP contribution in [0.1, 0.15) is 12.8 Å². The van der Waals surface area contributed by atoms with Gasteiger partial charge in [0.15, 0.2) is 0 Å². The molecule has 0 spiro atoms. The van der Waals surface area contributed by atoms with Crippen LogP contribution in [0.15, 0.2) is 48.9 Å². The van der Waals surface area contributed by atoms with E-state index < -0.39 is 0 Å². The third-order valence-corrected chi connectivity index (χ3v) is 2.07. The minimum Gasteiger partial charge on any atom is -0.465 e. The molecule has 0 saturated heterocycles. The molecule has 1 rings (SSSR count). The van der Waals surface area contributed by atoms with Crippen LogP contribution in [-0.4, -0.2) is 13.1 Å². The number of hydrogen-bond donors (Lipinski definition) is 2. The summed E-state index contributed by atoms with van der Waals surface area (Å²) in [5.41, 5.74) is 10.7. The smallest absolute Gasteiger partial charge is 0.130 e. The largest absolute Gasteiger partial charge is 0.465 e. The highest BCUT2D eigenvalue weighted by Crippen LogP contribution is 2.19. The molecule has 0 unspecified atom stereocenters. The van der Waals surface area contributed by atoms with Crippen molar-refractivity contribution < 1.29 is 9.47 Å². The predicted octanol–water partition coefficient (Wildman–Crippen LogP) is 2.17. The molecule has 18 heavy (non-hydrogen) atoms. The van der Waals surface area contributed by atoms with Crippen LogP contribution in [0.3, 0.4) is 0 Å². The average molecular weight is 248 g/mol. The van der Waals surface area contributed by atoms with Crippen molar-refractivity contribution in [2.24, 2.45) is 11.5 Å². The van der Waals surface area contributed by atoms with E-state index in [9.17, 15) is 0 Å². The van der Waals surface area contributed by atoms with Gasteiger partial charge in [0.05, 0.1) is 12.5 Å². The molecule has 0 heterocycles. The molecule has 0 aliphatic heterocycles. The summed E-state index contributed by atoms with van der Waals surface area (Å²) in [4.78, 5) is 0. The van der Waals surface area contributed by atoms with E-state index in [0.29, 0.717) is 13.1 Å². The van der Waals surface area contributed by atoms with Crippen molar-refractivity contribution in [3.05, 3.63) is 48.9 Å². The van der Waals surface area contributed by atoms with Crippen LogP contribution in [0.25, 0.3) is 0 Å². The summed E-state index contributed by atoms with van der Waals surface area (Å²) in [6.07, 6.45) is 8.64. The van der Waals surface area contributed by atoms with Crippen molar-refractivity contribution in [1.29, 1.82) is 0 Å². The molecule has 0 fully saturated rings. The Kier molecular flexibility index (Phi) is 7.36. The molecule has 1 aromatic rings. The standard InChI is InChI=1S/C14H20N2O2/c15-8-1-3-10-17-13-6-5-7-14(12-13)18-11-4-2-9-16/h3-7,10-12H,1-2,8-9,15-16H2. The first kappa shape index (κ1) is 14.3. The van der Waals surface area contributed by atoms with Gasteiger partial charge in [-0.2, -0.15) is 0 Å². The highest BCUT2D eigenvalue weighted by atomic mass is 16.5. The van der Waals surface area contributed by atoms with Crippen molar-refractivity contribution in [3.63, 3.8) is 0 Å². The second-order valence-electron chi connectivity index (χ2n) is 3.61. The zero-order valence-electron chi connectivity index (χ0n) is 10.4. The molecule has 0 radical (unpaired) electrons. The van der Waals surface area contributed by atoms with Crippen LogP contribution in [0.5, 0.6) is 11.5 Å². The van der Waals surface area contributed by atoms with Gasteiger partial charge >= 0.3 is 0 Å². The molecular formula is C14H20N2O2. The minimum absolute atomic E-state index is 0.620. The van der Waals surface area contributed by atoms with Gasteiger partial charge in [-0.3, -0.25) is 0 Å². The van der Waals surface area contributed by atoms with Gasteiger partial charge in [0.1, 0.15) is 11.5 Å². The molecule has 0 amide bonds. The fraction of sp³-hybridized carbons (Fsp3) is 0.286. The van der Waals surface area contributed by atoms with E-state index in [1.54, 1.807) is 12.5 Å². The van der Waals surface area contributed by atoms with E-state index in [2.05, 4.69) is 0 Å². The Morgan fingerprint density at radius 3 is 1.83 bits per heavy atom. The van der Waals surface area contributed by atoms with Gasteiger partial charge in [-0.1, -0.05) is 6.07 Å². The fourth-order valence-electron chi connectivity index (χ4n) is 1.20. The number of hydrogen-bond acceptors (Lipinski definition) is 4. The Balaban J connectivity index is 2.46. The summed E-state index contributed by atoms with van der Waals surface area (Å²) >= 11 is 0. The summed E-state index contributed by atoms with van der Waals surface area (Å²) < 4.78 is 10.8. The Bertz CT molecular complexity index is 356. The van der Waals surface area contributed by atoms with E-state index >= 15 is 0 Å². The monoisotopic (exact) mass is 248 g/mol. The lowest BCUT2D eigenvalue weighted by molar-refractivity contribution is 0.456. The van der Waals surface area contributed by atoms with Gasteiger partial charge in [0.2, 0.25) is 0 Å². The van der Waals surface area contributed by atoms with Gasteiger partial charge in [-0.25, -0.2) is 0 Å². The summed E-state index contributed by atoms with van der Waals surface area (Å²) in [6, 6.07) is 7.42. The number of ether oxygens (including phenoxy) is 2. The maximum absolute atomic E-state index is 5.42. The lowest BCUT2D eigenvalue weighted by Crippen LogP contribution is -1.96.